The van der Waals surface area contributed by atoms with Gasteiger partial charge in [-0.3, -0.25) is 0 Å². The Kier molecular flexibility index (Phi) is 7.17. The van der Waals surface area contributed by atoms with Gasteiger partial charge in [0.15, 0.2) is 16.3 Å². The summed E-state index contributed by atoms with van der Waals surface area (Å²) in [4.78, 5) is 3.08. The van der Waals surface area contributed by atoms with Crippen LogP contribution in [0.2, 0.25) is 0 Å². The molecule has 1 aromatic heterocycles. The minimum Gasteiger partial charge on any atom is -0.488 e. The number of halogens is 2. The predicted molar refractivity (Wildman–Crippen MR) is 114 cm³/mol. The summed E-state index contributed by atoms with van der Waals surface area (Å²) in [7, 11) is 0. The highest BCUT2D eigenvalue weighted by Gasteiger charge is 2.26. The fraction of sp³-hybridized carbons (Fsp3) is 0.318. The predicted octanol–water partition coefficient (Wildman–Crippen LogP) is 4.82. The van der Waals surface area contributed by atoms with Crippen LogP contribution in [-0.4, -0.2) is 29.2 Å². The second-order valence-electron chi connectivity index (χ2n) is 6.97. The highest BCUT2D eigenvalue weighted by molar-refractivity contribution is 7.71. The first-order valence-electron chi connectivity index (χ1n) is 9.57. The lowest BCUT2D eigenvalue weighted by molar-refractivity contribution is 0.210. The van der Waals surface area contributed by atoms with Gasteiger partial charge in [0.1, 0.15) is 12.4 Å². The summed E-state index contributed by atoms with van der Waals surface area (Å²) in [6, 6.07) is 2.06. The molecule has 1 unspecified atom stereocenters. The maximum absolute atomic E-state index is 13.9. The minimum atomic E-state index is -0.663. The Labute approximate surface area is 174 Å². The minimum absolute atomic E-state index is 0.115. The number of H-pyrrole nitrogens is 1. The first-order chi connectivity index (χ1) is 14.0. The summed E-state index contributed by atoms with van der Waals surface area (Å²) in [5.41, 5.74) is 2.54. The van der Waals surface area contributed by atoms with Gasteiger partial charge in [-0.2, -0.15) is 0 Å². The molecule has 7 heteroatoms. The van der Waals surface area contributed by atoms with E-state index in [0.29, 0.717) is 23.3 Å². The van der Waals surface area contributed by atoms with Crippen LogP contribution < -0.4 is 10.1 Å². The van der Waals surface area contributed by atoms with Crippen LogP contribution >= 0.6 is 12.2 Å². The molecule has 154 valence electrons. The van der Waals surface area contributed by atoms with E-state index < -0.39 is 11.6 Å². The summed E-state index contributed by atoms with van der Waals surface area (Å²) in [5, 5.41) is 3.36. The molecule has 4 nitrogen and oxygen atoms in total. The van der Waals surface area contributed by atoms with Gasteiger partial charge in [-0.05, 0) is 30.8 Å². The van der Waals surface area contributed by atoms with Crippen LogP contribution in [0.3, 0.4) is 0 Å². The average molecular weight is 418 g/mol. The van der Waals surface area contributed by atoms with Crippen molar-refractivity contribution in [1.29, 1.82) is 0 Å². The second-order valence-corrected chi connectivity index (χ2v) is 7.36. The highest BCUT2D eigenvalue weighted by Crippen LogP contribution is 2.33. The number of benzene rings is 1. The van der Waals surface area contributed by atoms with Gasteiger partial charge in [-0.25, -0.2) is 8.78 Å². The van der Waals surface area contributed by atoms with Gasteiger partial charge < -0.3 is 19.6 Å². The number of hydrogen-bond donors (Lipinski definition) is 2. The molecular weight excluding hydrogens is 392 g/mol. The van der Waals surface area contributed by atoms with E-state index in [1.165, 1.54) is 6.07 Å². The molecule has 0 aliphatic carbocycles. The van der Waals surface area contributed by atoms with Gasteiger partial charge >= 0.3 is 0 Å². The fourth-order valence-corrected chi connectivity index (χ4v) is 3.74. The summed E-state index contributed by atoms with van der Waals surface area (Å²) in [6.07, 6.45) is 10.9. The number of fused-ring (bicyclic) bond motifs is 1. The van der Waals surface area contributed by atoms with E-state index in [2.05, 4.69) is 16.9 Å². The maximum Gasteiger partial charge on any atom is 0.177 e. The van der Waals surface area contributed by atoms with E-state index >= 15 is 0 Å². The number of ether oxygens (including phenoxy) is 1. The van der Waals surface area contributed by atoms with Gasteiger partial charge in [0.05, 0.1) is 6.04 Å². The van der Waals surface area contributed by atoms with E-state index in [1.807, 2.05) is 42.0 Å². The molecule has 1 aromatic carbocycles. The van der Waals surface area contributed by atoms with Crippen molar-refractivity contribution >= 4 is 12.2 Å². The van der Waals surface area contributed by atoms with Crippen molar-refractivity contribution in [3.63, 3.8) is 0 Å². The van der Waals surface area contributed by atoms with Crippen LogP contribution in [0.15, 0.2) is 54.8 Å². The molecule has 1 atom stereocenters. The van der Waals surface area contributed by atoms with Crippen LogP contribution in [0.25, 0.3) is 0 Å². The van der Waals surface area contributed by atoms with Crippen LogP contribution in [0.1, 0.15) is 24.2 Å². The Morgan fingerprint density at radius 2 is 2.24 bits per heavy atom. The Morgan fingerprint density at radius 1 is 1.41 bits per heavy atom. The molecule has 2 N–H and O–H groups in total. The van der Waals surface area contributed by atoms with Crippen LogP contribution in [0, 0.1) is 16.4 Å². The third-order valence-electron chi connectivity index (χ3n) is 4.76. The number of nitrogens with one attached hydrogen (secondary N) is 2. The molecule has 0 saturated carbocycles. The quantitative estimate of drug-likeness (QED) is 0.368. The molecule has 1 aliphatic rings. The van der Waals surface area contributed by atoms with Crippen LogP contribution in [0.5, 0.6) is 5.75 Å². The number of hydrogen-bond acceptors (Lipinski definition) is 3. The lowest BCUT2D eigenvalue weighted by atomic mass is 10.0. The number of rotatable bonds is 8. The molecule has 29 heavy (non-hydrogen) atoms. The normalized spacial score (nSPS) is 16.3. The van der Waals surface area contributed by atoms with Crippen molar-refractivity contribution in [2.24, 2.45) is 0 Å². The van der Waals surface area contributed by atoms with Gasteiger partial charge in [0, 0.05) is 49.5 Å². The Morgan fingerprint density at radius 3 is 3.03 bits per heavy atom. The maximum atomic E-state index is 13.9. The fourth-order valence-electron chi connectivity index (χ4n) is 3.42. The van der Waals surface area contributed by atoms with E-state index in [4.69, 9.17) is 17.0 Å². The molecule has 0 spiro atoms. The van der Waals surface area contributed by atoms with Crippen LogP contribution in [-0.2, 0) is 12.8 Å². The summed E-state index contributed by atoms with van der Waals surface area (Å²) in [5.74, 6) is -1.13. The van der Waals surface area contributed by atoms with E-state index in [1.54, 1.807) is 0 Å². The molecule has 0 amide bonds. The summed E-state index contributed by atoms with van der Waals surface area (Å²) < 4.78 is 35.7. The van der Waals surface area contributed by atoms with Crippen molar-refractivity contribution in [1.82, 2.24) is 14.9 Å². The zero-order valence-corrected chi connectivity index (χ0v) is 17.2. The molecule has 1 aliphatic heterocycles. The molecule has 0 radical (unpaired) electrons. The van der Waals surface area contributed by atoms with E-state index in [9.17, 15) is 8.78 Å². The SMILES string of the molecule is C=C(/C=C\C=C/C)CNCCc1c[nH]c(=S)n1C1COc2c(F)cc(F)cc2C1. The third kappa shape index (κ3) is 5.31. The van der Waals surface area contributed by atoms with Crippen molar-refractivity contribution in [2.45, 2.75) is 25.8 Å². The highest BCUT2D eigenvalue weighted by atomic mass is 32.1. The monoisotopic (exact) mass is 417 g/mol. The van der Waals surface area contributed by atoms with Crippen molar-refractivity contribution in [3.8, 4) is 5.75 Å². The first-order valence-corrected chi connectivity index (χ1v) is 9.97. The number of aromatic amines is 1. The third-order valence-corrected chi connectivity index (χ3v) is 5.08. The van der Waals surface area contributed by atoms with Crippen molar-refractivity contribution in [2.75, 3.05) is 19.7 Å². The molecule has 2 aromatic rings. The zero-order chi connectivity index (χ0) is 20.8. The Balaban J connectivity index is 1.63. The van der Waals surface area contributed by atoms with Crippen molar-refractivity contribution in [3.05, 3.63) is 82.4 Å². The average Bonchev–Trinajstić information content (AvgIpc) is 3.05. The lowest BCUT2D eigenvalue weighted by Gasteiger charge is -2.28. The standard InChI is InChI=1S/C22H25F2N3OS/c1-3-4-5-6-15(2)12-25-8-7-18-13-26-22(29)27(18)19-10-16-9-17(23)11-20(24)21(16)28-14-19/h3-6,9,11,13,19,25H,2,7-8,10,12,14H2,1H3,(H,26,29)/b4-3-,6-5-. The van der Waals surface area contributed by atoms with Gasteiger partial charge in [-0.15, -0.1) is 0 Å². The smallest absolute Gasteiger partial charge is 0.177 e. The lowest BCUT2D eigenvalue weighted by Crippen LogP contribution is -2.27. The van der Waals surface area contributed by atoms with Gasteiger partial charge in [0.25, 0.3) is 0 Å². The molecule has 3 rings (SSSR count). The number of nitrogens with zero attached hydrogens (tertiary/aromatic N) is 1. The largest absolute Gasteiger partial charge is 0.488 e. The number of imidazole rings is 1. The Bertz CT molecular complexity index is 990. The molecule has 0 fully saturated rings. The molecule has 0 bridgehead atoms. The van der Waals surface area contributed by atoms with Crippen molar-refractivity contribution < 1.29 is 13.5 Å². The summed E-state index contributed by atoms with van der Waals surface area (Å²) in [6.45, 7) is 7.70. The zero-order valence-electron chi connectivity index (χ0n) is 16.4. The first kappa shape index (κ1) is 21.2. The number of allylic oxidation sites excluding steroid dienone is 3. The molecular formula is C22H25F2N3OS. The molecule has 0 saturated heterocycles. The van der Waals surface area contributed by atoms with Gasteiger partial charge in [-0.1, -0.05) is 30.9 Å². The van der Waals surface area contributed by atoms with Crippen LogP contribution in [0.4, 0.5) is 8.78 Å². The van der Waals surface area contributed by atoms with E-state index in [0.717, 1.165) is 30.3 Å². The second kappa shape index (κ2) is 9.80. The van der Waals surface area contributed by atoms with Gasteiger partial charge in [0.2, 0.25) is 0 Å². The summed E-state index contributed by atoms with van der Waals surface area (Å²) >= 11 is 5.44. The Hall–Kier alpha value is -2.51. The van der Waals surface area contributed by atoms with E-state index in [-0.39, 0.29) is 18.4 Å². The molecule has 2 heterocycles. The topological polar surface area (TPSA) is 42.0 Å². The number of aromatic nitrogens is 2.